The largest absolute Gasteiger partial charge is 0.455 e. The zero-order valence-electron chi connectivity index (χ0n) is 12.5. The third-order valence-corrected chi connectivity index (χ3v) is 3.54. The van der Waals surface area contributed by atoms with Crippen molar-refractivity contribution < 1.29 is 13.5 Å². The average Bonchev–Trinajstić information content (AvgIpc) is 3.05. The molecule has 2 aromatic carbocycles. The Balaban J connectivity index is 1.79. The van der Waals surface area contributed by atoms with E-state index in [0.717, 1.165) is 4.57 Å². The minimum Gasteiger partial charge on any atom is -0.455 e. The molecule has 0 saturated heterocycles. The molecule has 7 heteroatoms. The molecule has 0 radical (unpaired) electrons. The Bertz CT molecular complexity index is 809. The highest BCUT2D eigenvalue weighted by atomic mass is 35.5. The lowest BCUT2D eigenvalue weighted by atomic mass is 10.2. The molecule has 3 rings (SSSR count). The summed E-state index contributed by atoms with van der Waals surface area (Å²) in [5, 5.41) is 3.56. The fraction of sp³-hybridized carbons (Fsp3) is 0.118. The number of aromatic nitrogens is 2. The Morgan fingerprint density at radius 2 is 1.96 bits per heavy atom. The Hall–Kier alpha value is -2.60. The van der Waals surface area contributed by atoms with Crippen LogP contribution in [0.4, 0.5) is 14.5 Å². The summed E-state index contributed by atoms with van der Waals surface area (Å²) in [5.41, 5.74) is 0.593. The van der Waals surface area contributed by atoms with Crippen molar-refractivity contribution in [2.24, 2.45) is 0 Å². The van der Waals surface area contributed by atoms with Crippen molar-refractivity contribution in [1.82, 2.24) is 9.55 Å². The van der Waals surface area contributed by atoms with E-state index >= 15 is 0 Å². The molecule has 0 aliphatic carbocycles. The summed E-state index contributed by atoms with van der Waals surface area (Å²) in [6.07, 6.45) is 2.57. The van der Waals surface area contributed by atoms with Crippen LogP contribution in [0, 0.1) is 0 Å². The van der Waals surface area contributed by atoms with Crippen LogP contribution in [-0.2, 0) is 6.54 Å². The summed E-state index contributed by atoms with van der Waals surface area (Å²) in [7, 11) is 0. The minimum atomic E-state index is -2.64. The maximum absolute atomic E-state index is 12.9. The van der Waals surface area contributed by atoms with Crippen molar-refractivity contribution in [2.45, 2.75) is 13.1 Å². The van der Waals surface area contributed by atoms with Crippen molar-refractivity contribution in [1.29, 1.82) is 0 Å². The highest BCUT2D eigenvalue weighted by Crippen LogP contribution is 2.32. The van der Waals surface area contributed by atoms with Gasteiger partial charge in [0, 0.05) is 17.4 Å². The summed E-state index contributed by atoms with van der Waals surface area (Å²) in [6.45, 7) is -2.52. The molecule has 0 unspecified atom stereocenters. The van der Waals surface area contributed by atoms with Gasteiger partial charge in [-0.15, -0.1) is 0 Å². The van der Waals surface area contributed by atoms with Gasteiger partial charge in [-0.3, -0.25) is 4.57 Å². The number of nitrogens with one attached hydrogen (secondary N) is 1. The standard InChI is InChI=1S/C17H14ClF2N3O/c18-12-6-7-15(24-13-4-2-1-3-5-13)14(10-12)22-11-16-21-8-9-23(16)17(19)20/h1-10,17,22H,11H2. The van der Waals surface area contributed by atoms with Crippen LogP contribution in [0.15, 0.2) is 60.9 Å². The second-order valence-corrected chi connectivity index (χ2v) is 5.37. The summed E-state index contributed by atoms with van der Waals surface area (Å²) in [6, 6.07) is 14.3. The number of halogens is 3. The monoisotopic (exact) mass is 349 g/mol. The Morgan fingerprint density at radius 3 is 2.71 bits per heavy atom. The van der Waals surface area contributed by atoms with Crippen molar-refractivity contribution in [3.8, 4) is 11.5 Å². The van der Waals surface area contributed by atoms with Gasteiger partial charge in [-0.25, -0.2) is 4.98 Å². The molecule has 4 nitrogen and oxygen atoms in total. The fourth-order valence-electron chi connectivity index (χ4n) is 2.18. The third-order valence-electron chi connectivity index (χ3n) is 3.31. The van der Waals surface area contributed by atoms with Crippen molar-refractivity contribution in [3.05, 3.63) is 71.8 Å². The van der Waals surface area contributed by atoms with E-state index in [1.165, 1.54) is 12.4 Å². The number of imidazole rings is 1. The number of anilines is 1. The van der Waals surface area contributed by atoms with Gasteiger partial charge < -0.3 is 10.1 Å². The molecular formula is C17H14ClF2N3O. The first-order chi connectivity index (χ1) is 11.6. The second kappa shape index (κ2) is 7.31. The molecule has 1 N–H and O–H groups in total. The van der Waals surface area contributed by atoms with E-state index in [0.29, 0.717) is 22.2 Å². The molecule has 0 bridgehead atoms. The first kappa shape index (κ1) is 16.3. The average molecular weight is 350 g/mol. The van der Waals surface area contributed by atoms with E-state index < -0.39 is 6.55 Å². The number of rotatable bonds is 6. The predicted molar refractivity (Wildman–Crippen MR) is 88.8 cm³/mol. The third kappa shape index (κ3) is 3.83. The molecule has 3 aromatic rings. The number of benzene rings is 2. The number of ether oxygens (including phenoxy) is 1. The quantitative estimate of drug-likeness (QED) is 0.653. The molecule has 24 heavy (non-hydrogen) atoms. The number of hydrogen-bond acceptors (Lipinski definition) is 3. The topological polar surface area (TPSA) is 39.1 Å². The van der Waals surface area contributed by atoms with Crippen LogP contribution in [-0.4, -0.2) is 9.55 Å². The van der Waals surface area contributed by atoms with Crippen LogP contribution in [0.3, 0.4) is 0 Å². The van der Waals surface area contributed by atoms with Crippen LogP contribution in [0.2, 0.25) is 5.02 Å². The Kier molecular flexibility index (Phi) is 4.96. The molecule has 1 heterocycles. The first-order valence-electron chi connectivity index (χ1n) is 7.19. The molecular weight excluding hydrogens is 336 g/mol. The van der Waals surface area contributed by atoms with Crippen LogP contribution in [0.25, 0.3) is 0 Å². The maximum Gasteiger partial charge on any atom is 0.319 e. The predicted octanol–water partition coefficient (Wildman–Crippen LogP) is 5.34. The van der Waals surface area contributed by atoms with E-state index in [4.69, 9.17) is 16.3 Å². The summed E-state index contributed by atoms with van der Waals surface area (Å²) in [4.78, 5) is 3.94. The van der Waals surface area contributed by atoms with Crippen molar-refractivity contribution >= 4 is 17.3 Å². The smallest absolute Gasteiger partial charge is 0.319 e. The second-order valence-electron chi connectivity index (χ2n) is 4.94. The normalized spacial score (nSPS) is 10.8. The number of hydrogen-bond donors (Lipinski definition) is 1. The van der Waals surface area contributed by atoms with Gasteiger partial charge in [0.1, 0.15) is 11.6 Å². The SMILES string of the molecule is FC(F)n1ccnc1CNc1cc(Cl)ccc1Oc1ccccc1. The molecule has 1 aromatic heterocycles. The Labute approximate surface area is 142 Å². The van der Waals surface area contributed by atoms with Gasteiger partial charge in [0.25, 0.3) is 0 Å². The van der Waals surface area contributed by atoms with Crippen LogP contribution < -0.4 is 10.1 Å². The highest BCUT2D eigenvalue weighted by Gasteiger charge is 2.12. The van der Waals surface area contributed by atoms with Gasteiger partial charge in [0.15, 0.2) is 5.75 Å². The fourth-order valence-corrected chi connectivity index (χ4v) is 2.35. The van der Waals surface area contributed by atoms with Gasteiger partial charge >= 0.3 is 6.55 Å². The van der Waals surface area contributed by atoms with Crippen molar-refractivity contribution in [2.75, 3.05) is 5.32 Å². The maximum atomic E-state index is 12.9. The zero-order valence-corrected chi connectivity index (χ0v) is 13.3. The number of para-hydroxylation sites is 1. The lowest BCUT2D eigenvalue weighted by Crippen LogP contribution is -2.09. The van der Waals surface area contributed by atoms with Crippen LogP contribution >= 0.6 is 11.6 Å². The van der Waals surface area contributed by atoms with Gasteiger partial charge in [0.2, 0.25) is 0 Å². The first-order valence-corrected chi connectivity index (χ1v) is 7.57. The molecule has 124 valence electrons. The van der Waals surface area contributed by atoms with E-state index in [1.807, 2.05) is 30.3 Å². The van der Waals surface area contributed by atoms with Gasteiger partial charge in [-0.05, 0) is 30.3 Å². The van der Waals surface area contributed by atoms with Gasteiger partial charge in [-0.2, -0.15) is 8.78 Å². The van der Waals surface area contributed by atoms with Gasteiger partial charge in [0.05, 0.1) is 12.2 Å². The molecule has 0 fully saturated rings. The molecule has 0 aliphatic heterocycles. The summed E-state index contributed by atoms with van der Waals surface area (Å²) >= 11 is 6.03. The number of alkyl halides is 2. The molecule has 0 saturated carbocycles. The van der Waals surface area contributed by atoms with E-state index in [2.05, 4.69) is 10.3 Å². The molecule has 0 atom stereocenters. The molecule has 0 spiro atoms. The minimum absolute atomic E-state index is 0.114. The van der Waals surface area contributed by atoms with E-state index in [1.54, 1.807) is 18.2 Å². The van der Waals surface area contributed by atoms with Crippen LogP contribution in [0.5, 0.6) is 11.5 Å². The van der Waals surface area contributed by atoms with Gasteiger partial charge in [-0.1, -0.05) is 29.8 Å². The zero-order chi connectivity index (χ0) is 16.9. The van der Waals surface area contributed by atoms with Crippen molar-refractivity contribution in [3.63, 3.8) is 0 Å². The lowest BCUT2D eigenvalue weighted by Gasteiger charge is -2.14. The lowest BCUT2D eigenvalue weighted by molar-refractivity contribution is 0.0673. The van der Waals surface area contributed by atoms with E-state index in [-0.39, 0.29) is 12.4 Å². The number of nitrogens with zero attached hydrogens (tertiary/aromatic N) is 2. The summed E-state index contributed by atoms with van der Waals surface area (Å²) < 4.78 is 32.4. The van der Waals surface area contributed by atoms with E-state index in [9.17, 15) is 8.78 Å². The molecule has 0 amide bonds. The van der Waals surface area contributed by atoms with Crippen LogP contribution in [0.1, 0.15) is 12.4 Å². The summed E-state index contributed by atoms with van der Waals surface area (Å²) in [5.74, 6) is 1.42. The Morgan fingerprint density at radius 1 is 1.17 bits per heavy atom. The molecule has 0 aliphatic rings. The highest BCUT2D eigenvalue weighted by molar-refractivity contribution is 6.30.